The zero-order chi connectivity index (χ0) is 27.8. The van der Waals surface area contributed by atoms with Crippen LogP contribution in [0, 0.1) is 17.5 Å². The van der Waals surface area contributed by atoms with Crippen LogP contribution in [0.3, 0.4) is 0 Å². The molecule has 204 valence electrons. The maximum Gasteiger partial charge on any atom is 0.254 e. The molecule has 12 heteroatoms. The van der Waals surface area contributed by atoms with Gasteiger partial charge in [-0.15, -0.1) is 0 Å². The Bertz CT molecular complexity index is 1690. The van der Waals surface area contributed by atoms with Gasteiger partial charge in [-0.05, 0) is 55.7 Å². The minimum atomic E-state index is -0.815. The average molecular weight is 548 g/mol. The lowest BCUT2D eigenvalue weighted by molar-refractivity contribution is 0.0397. The van der Waals surface area contributed by atoms with Gasteiger partial charge in [-0.1, -0.05) is 12.1 Å². The molecule has 3 atom stereocenters. The van der Waals surface area contributed by atoms with Crippen molar-refractivity contribution in [1.82, 2.24) is 35.0 Å². The Hall–Kier alpha value is -4.58. The summed E-state index contributed by atoms with van der Waals surface area (Å²) < 4.78 is 50.8. The number of hydrogen-bond donors (Lipinski definition) is 2. The first-order valence-corrected chi connectivity index (χ1v) is 12.7. The molecule has 40 heavy (non-hydrogen) atoms. The van der Waals surface area contributed by atoms with Crippen molar-refractivity contribution >= 4 is 16.9 Å². The van der Waals surface area contributed by atoms with Crippen LogP contribution in [0.2, 0.25) is 0 Å². The second-order valence-corrected chi connectivity index (χ2v) is 9.69. The van der Waals surface area contributed by atoms with Crippen molar-refractivity contribution in [2.75, 3.05) is 7.11 Å². The van der Waals surface area contributed by atoms with E-state index in [-0.39, 0.29) is 17.7 Å². The second-order valence-electron chi connectivity index (χ2n) is 9.69. The van der Waals surface area contributed by atoms with Crippen LogP contribution in [0.5, 0.6) is 0 Å². The summed E-state index contributed by atoms with van der Waals surface area (Å²) in [5.74, 6) is -1.83. The molecule has 9 nitrogen and oxygen atoms in total. The number of pyridine rings is 1. The van der Waals surface area contributed by atoms with Gasteiger partial charge in [0.25, 0.3) is 5.91 Å². The van der Waals surface area contributed by atoms with Crippen molar-refractivity contribution in [1.29, 1.82) is 0 Å². The zero-order valence-electron chi connectivity index (χ0n) is 21.3. The van der Waals surface area contributed by atoms with Gasteiger partial charge in [0.15, 0.2) is 5.82 Å². The number of hydrogen-bond acceptors (Lipinski definition) is 6. The van der Waals surface area contributed by atoms with Gasteiger partial charge in [-0.2, -0.15) is 5.10 Å². The van der Waals surface area contributed by atoms with Gasteiger partial charge in [0.05, 0.1) is 28.9 Å². The molecule has 3 heterocycles. The topological polar surface area (TPSA) is 111 Å². The molecule has 6 rings (SSSR count). The number of imidazole rings is 1. The molecule has 0 saturated heterocycles. The third kappa shape index (κ3) is 4.81. The third-order valence-electron chi connectivity index (χ3n) is 7.19. The minimum Gasteiger partial charge on any atom is -0.381 e. The van der Waals surface area contributed by atoms with Crippen LogP contribution >= 0.6 is 0 Å². The number of rotatable bonds is 6. The number of benzene rings is 2. The normalized spacial score (nSPS) is 19.1. The predicted molar refractivity (Wildman–Crippen MR) is 140 cm³/mol. The fraction of sp³-hybridized carbons (Fsp3) is 0.250. The number of methoxy groups -OCH3 is 1. The molecule has 5 aromatic rings. The highest BCUT2D eigenvalue weighted by Crippen LogP contribution is 2.38. The Morgan fingerprint density at radius 1 is 1.05 bits per heavy atom. The van der Waals surface area contributed by atoms with Crippen LogP contribution in [0.25, 0.3) is 33.9 Å². The monoisotopic (exact) mass is 547 g/mol. The number of aromatic amines is 1. The van der Waals surface area contributed by atoms with Crippen LogP contribution < -0.4 is 5.32 Å². The number of fused-ring (bicyclic) bond motifs is 1. The number of H-pyrrole nitrogens is 1. The first kappa shape index (κ1) is 25.7. The second kappa shape index (κ2) is 10.5. The van der Waals surface area contributed by atoms with E-state index in [0.717, 1.165) is 18.2 Å². The molecule has 1 amide bonds. The van der Waals surface area contributed by atoms with Gasteiger partial charge in [0, 0.05) is 19.2 Å². The highest BCUT2D eigenvalue weighted by Gasteiger charge is 2.34. The summed E-state index contributed by atoms with van der Waals surface area (Å²) in [6.45, 7) is 0. The first-order chi connectivity index (χ1) is 19.4. The summed E-state index contributed by atoms with van der Waals surface area (Å²) >= 11 is 0. The van der Waals surface area contributed by atoms with Crippen molar-refractivity contribution in [3.05, 3.63) is 84.1 Å². The Kier molecular flexibility index (Phi) is 6.76. The molecular weight excluding hydrogens is 523 g/mol. The van der Waals surface area contributed by atoms with E-state index in [9.17, 15) is 13.6 Å². The Labute approximate surface area is 226 Å². The molecule has 0 spiro atoms. The highest BCUT2D eigenvalue weighted by molar-refractivity contribution is 5.94. The molecule has 1 aliphatic carbocycles. The number of nitrogens with one attached hydrogen (secondary N) is 2. The number of aromatic nitrogens is 6. The summed E-state index contributed by atoms with van der Waals surface area (Å²) in [7, 11) is 1.58. The Morgan fingerprint density at radius 2 is 1.90 bits per heavy atom. The van der Waals surface area contributed by atoms with E-state index >= 15 is 4.39 Å². The van der Waals surface area contributed by atoms with Crippen molar-refractivity contribution in [3.8, 4) is 22.9 Å². The van der Waals surface area contributed by atoms with Crippen LogP contribution in [-0.2, 0) is 4.74 Å². The molecule has 1 fully saturated rings. The fourth-order valence-electron chi connectivity index (χ4n) is 5.35. The molecule has 0 radical (unpaired) electrons. The molecule has 3 aromatic heterocycles. The van der Waals surface area contributed by atoms with E-state index in [1.54, 1.807) is 37.6 Å². The quantitative estimate of drug-likeness (QED) is 0.315. The number of carbonyl (C=O) groups excluding carboxylic acids is 1. The fourth-order valence-corrected chi connectivity index (χ4v) is 5.35. The van der Waals surface area contributed by atoms with E-state index in [2.05, 4.69) is 25.5 Å². The maximum atomic E-state index is 15.1. The molecule has 0 bridgehead atoms. The van der Waals surface area contributed by atoms with Crippen LogP contribution in [0.15, 0.2) is 61.1 Å². The minimum absolute atomic E-state index is 0.275. The predicted octanol–water partition coefficient (Wildman–Crippen LogP) is 4.84. The number of nitrogens with zero attached hydrogens (tertiary/aromatic N) is 5. The smallest absolute Gasteiger partial charge is 0.254 e. The van der Waals surface area contributed by atoms with Gasteiger partial charge in [-0.25, -0.2) is 23.1 Å². The zero-order valence-corrected chi connectivity index (χ0v) is 21.3. The summed E-state index contributed by atoms with van der Waals surface area (Å²) in [5, 5.41) is 9.53. The molecule has 1 saturated carbocycles. The van der Waals surface area contributed by atoms with Crippen molar-refractivity contribution in [3.63, 3.8) is 0 Å². The van der Waals surface area contributed by atoms with Gasteiger partial charge >= 0.3 is 0 Å². The SMILES string of the molecule is CO[C@H]1C[C@H](NC(=O)c2cc(F)ccc2F)C[C@H](n2c(-c3ccccc3F)nc3cnc(-c4ncn[nH]4)cc32)C1. The van der Waals surface area contributed by atoms with Crippen molar-refractivity contribution in [2.45, 2.75) is 37.5 Å². The van der Waals surface area contributed by atoms with Crippen molar-refractivity contribution in [2.24, 2.45) is 0 Å². The summed E-state index contributed by atoms with van der Waals surface area (Å²) in [6.07, 6.45) is 4.11. The lowest BCUT2D eigenvalue weighted by Crippen LogP contribution is -2.43. The molecular formula is C28H24F3N7O2. The van der Waals surface area contributed by atoms with E-state index < -0.39 is 29.4 Å². The number of halogens is 3. The van der Waals surface area contributed by atoms with E-state index in [1.807, 2.05) is 4.57 Å². The molecule has 0 aliphatic heterocycles. The van der Waals surface area contributed by atoms with Gasteiger partial charge in [0.1, 0.15) is 40.8 Å². The average Bonchev–Trinajstić information content (AvgIpc) is 3.62. The lowest BCUT2D eigenvalue weighted by atomic mass is 9.87. The maximum absolute atomic E-state index is 15.1. The van der Waals surface area contributed by atoms with Crippen LogP contribution in [0.4, 0.5) is 13.2 Å². The molecule has 2 aromatic carbocycles. The summed E-state index contributed by atoms with van der Waals surface area (Å²) in [4.78, 5) is 26.3. The number of ether oxygens (including phenoxy) is 1. The van der Waals surface area contributed by atoms with E-state index in [1.165, 1.54) is 12.4 Å². The van der Waals surface area contributed by atoms with Gasteiger partial charge in [0.2, 0.25) is 0 Å². The molecule has 0 unspecified atom stereocenters. The largest absolute Gasteiger partial charge is 0.381 e. The highest BCUT2D eigenvalue weighted by atomic mass is 19.1. The first-order valence-electron chi connectivity index (χ1n) is 12.7. The molecule has 1 aliphatic rings. The molecule has 2 N–H and O–H groups in total. The summed E-state index contributed by atoms with van der Waals surface area (Å²) in [5.41, 5.74) is 1.68. The van der Waals surface area contributed by atoms with Crippen LogP contribution in [-0.4, -0.2) is 54.9 Å². The number of amides is 1. The number of carbonyl (C=O) groups is 1. The standard InChI is InChI=1S/C28H24F3N7O2/c1-40-18-10-16(35-28(39)20-8-15(29)6-7-22(20)31)9-17(11-18)38-25-12-23(26-33-14-34-37-26)32-13-24(25)36-27(38)19-4-2-3-5-21(19)30/h2-8,12-14,16-18H,9-11H2,1H3,(H,35,39)(H,33,34,37)/t16-,17+,18+/m1/s1. The van der Waals surface area contributed by atoms with Crippen molar-refractivity contribution < 1.29 is 22.7 Å². The lowest BCUT2D eigenvalue weighted by Gasteiger charge is -2.36. The summed E-state index contributed by atoms with van der Waals surface area (Å²) in [6, 6.07) is 10.2. The van der Waals surface area contributed by atoms with Gasteiger partial charge < -0.3 is 14.6 Å². The van der Waals surface area contributed by atoms with E-state index in [0.29, 0.717) is 53.2 Å². The van der Waals surface area contributed by atoms with Crippen LogP contribution in [0.1, 0.15) is 35.7 Å². The van der Waals surface area contributed by atoms with Gasteiger partial charge in [-0.3, -0.25) is 14.9 Å². The third-order valence-corrected chi connectivity index (χ3v) is 7.19. The van der Waals surface area contributed by atoms with E-state index in [4.69, 9.17) is 9.72 Å². The Morgan fingerprint density at radius 3 is 2.67 bits per heavy atom. The Balaban J connectivity index is 1.42.